The lowest BCUT2D eigenvalue weighted by molar-refractivity contribution is -0.122. The number of anilines is 3. The molecule has 1 atom stereocenters. The Kier molecular flexibility index (Phi) is 9.06. The summed E-state index contributed by atoms with van der Waals surface area (Å²) in [5, 5.41) is 6.98. The Balaban J connectivity index is 1.52. The number of hydrogen-bond acceptors (Lipinski definition) is 8. The average molecular weight is 542 g/mol. The smallest absolute Gasteiger partial charge is 0.293 e. The number of carbonyl (C=O) groups is 1. The Bertz CT molecular complexity index is 1340. The van der Waals surface area contributed by atoms with E-state index in [0.29, 0.717) is 22.7 Å². The molecule has 1 amide bonds. The molecule has 0 bridgehead atoms. The maximum absolute atomic E-state index is 12.7. The zero-order chi connectivity index (χ0) is 27.2. The molecular weight excluding hydrogens is 506 g/mol. The molecule has 3 heterocycles. The number of hydrogen-bond donors (Lipinski definition) is 2. The predicted octanol–water partition coefficient (Wildman–Crippen LogP) is 3.41. The molecule has 0 unspecified atom stereocenters. The summed E-state index contributed by atoms with van der Waals surface area (Å²) in [6.45, 7) is 2.73. The van der Waals surface area contributed by atoms with Crippen LogP contribution in [-0.2, 0) is 11.8 Å². The van der Waals surface area contributed by atoms with Crippen molar-refractivity contribution in [2.24, 2.45) is 13.0 Å². The van der Waals surface area contributed by atoms with Gasteiger partial charge in [-0.15, -0.1) is 0 Å². The number of benzene rings is 1. The second kappa shape index (κ2) is 12.4. The van der Waals surface area contributed by atoms with Crippen molar-refractivity contribution in [2.75, 3.05) is 57.6 Å². The number of amides is 1. The number of rotatable bonds is 10. The SMILES string of the molecule is CNC(=O)COc1cc2cc(Nc3nc(N4CCC[C@H](CCCN(C)C)C4)ncc3Cl)ccc2n(C)c1=O. The van der Waals surface area contributed by atoms with Crippen LogP contribution in [0.25, 0.3) is 10.9 Å². The Morgan fingerprint density at radius 2 is 2.11 bits per heavy atom. The number of nitrogens with one attached hydrogen (secondary N) is 2. The molecule has 1 aliphatic rings. The second-order valence-corrected chi connectivity index (χ2v) is 10.4. The number of pyridine rings is 1. The predicted molar refractivity (Wildman–Crippen MR) is 152 cm³/mol. The number of aryl methyl sites for hydroxylation is 1. The van der Waals surface area contributed by atoms with Gasteiger partial charge in [0.15, 0.2) is 18.2 Å². The molecule has 38 heavy (non-hydrogen) atoms. The number of carbonyl (C=O) groups excluding carboxylic acids is 1. The number of piperidine rings is 1. The summed E-state index contributed by atoms with van der Waals surface area (Å²) >= 11 is 6.47. The van der Waals surface area contributed by atoms with Gasteiger partial charge in [0, 0.05) is 38.3 Å². The molecule has 2 aromatic heterocycles. The molecule has 4 rings (SSSR count). The molecular formula is C27H36ClN7O3. The summed E-state index contributed by atoms with van der Waals surface area (Å²) < 4.78 is 6.97. The van der Waals surface area contributed by atoms with Gasteiger partial charge in [-0.05, 0) is 76.5 Å². The van der Waals surface area contributed by atoms with Crippen molar-refractivity contribution in [3.63, 3.8) is 0 Å². The fourth-order valence-corrected chi connectivity index (χ4v) is 4.90. The standard InChI is InChI=1S/C27H36ClN7O3/c1-29-24(36)17-38-23-14-19-13-20(9-10-22(19)34(4)26(23)37)31-25-21(28)15-30-27(32-25)35-12-6-8-18(16-35)7-5-11-33(2)3/h9-10,13-15,18H,5-8,11-12,16-17H2,1-4H3,(H,29,36)(H,30,31,32)/t18-/m0/s1. The molecule has 1 saturated heterocycles. The number of nitrogens with zero attached hydrogens (tertiary/aromatic N) is 5. The zero-order valence-corrected chi connectivity index (χ0v) is 23.2. The Morgan fingerprint density at radius 1 is 1.29 bits per heavy atom. The number of halogens is 1. The summed E-state index contributed by atoms with van der Waals surface area (Å²) in [5.41, 5.74) is 1.17. The molecule has 0 saturated carbocycles. The maximum atomic E-state index is 12.7. The van der Waals surface area contributed by atoms with Crippen molar-refractivity contribution in [3.05, 3.63) is 45.8 Å². The van der Waals surface area contributed by atoms with E-state index in [1.165, 1.54) is 30.9 Å². The molecule has 0 aliphatic carbocycles. The molecule has 1 aliphatic heterocycles. The summed E-state index contributed by atoms with van der Waals surface area (Å²) in [4.78, 5) is 38.0. The molecule has 2 N–H and O–H groups in total. The van der Waals surface area contributed by atoms with Crippen LogP contribution in [0.3, 0.4) is 0 Å². The van der Waals surface area contributed by atoms with Crippen LogP contribution in [0, 0.1) is 5.92 Å². The third-order valence-electron chi connectivity index (χ3n) is 6.84. The normalized spacial score (nSPS) is 15.6. The first-order valence-corrected chi connectivity index (χ1v) is 13.3. The van der Waals surface area contributed by atoms with Crippen molar-refractivity contribution >= 4 is 45.9 Å². The van der Waals surface area contributed by atoms with Gasteiger partial charge in [-0.3, -0.25) is 9.59 Å². The molecule has 0 radical (unpaired) electrons. The van der Waals surface area contributed by atoms with E-state index in [-0.39, 0.29) is 23.8 Å². The van der Waals surface area contributed by atoms with E-state index in [1.807, 2.05) is 18.2 Å². The van der Waals surface area contributed by atoms with Gasteiger partial charge in [-0.2, -0.15) is 4.98 Å². The lowest BCUT2D eigenvalue weighted by atomic mass is 9.93. The lowest BCUT2D eigenvalue weighted by Gasteiger charge is -2.33. The van der Waals surface area contributed by atoms with Gasteiger partial charge in [0.05, 0.1) is 11.7 Å². The first-order chi connectivity index (χ1) is 18.2. The largest absolute Gasteiger partial charge is 0.478 e. The number of aromatic nitrogens is 3. The highest BCUT2D eigenvalue weighted by Gasteiger charge is 2.22. The Labute approximate surface area is 228 Å². The fourth-order valence-electron chi connectivity index (χ4n) is 4.76. The van der Waals surface area contributed by atoms with E-state index in [4.69, 9.17) is 21.3 Å². The number of fused-ring (bicyclic) bond motifs is 1. The summed E-state index contributed by atoms with van der Waals surface area (Å²) in [5.74, 6) is 1.61. The van der Waals surface area contributed by atoms with Crippen molar-refractivity contribution in [1.29, 1.82) is 0 Å². The van der Waals surface area contributed by atoms with E-state index in [9.17, 15) is 9.59 Å². The monoisotopic (exact) mass is 541 g/mol. The van der Waals surface area contributed by atoms with Crippen LogP contribution < -0.4 is 25.8 Å². The number of ether oxygens (including phenoxy) is 1. The van der Waals surface area contributed by atoms with Gasteiger partial charge < -0.3 is 29.7 Å². The van der Waals surface area contributed by atoms with Gasteiger partial charge in [-0.25, -0.2) is 4.98 Å². The van der Waals surface area contributed by atoms with E-state index in [2.05, 4.69) is 39.5 Å². The van der Waals surface area contributed by atoms with Gasteiger partial charge >= 0.3 is 0 Å². The first kappa shape index (κ1) is 27.7. The average Bonchev–Trinajstić information content (AvgIpc) is 2.91. The van der Waals surface area contributed by atoms with E-state index in [1.54, 1.807) is 19.3 Å². The van der Waals surface area contributed by atoms with Crippen molar-refractivity contribution in [2.45, 2.75) is 25.7 Å². The third-order valence-corrected chi connectivity index (χ3v) is 7.12. The van der Waals surface area contributed by atoms with Gasteiger partial charge in [0.25, 0.3) is 11.5 Å². The quantitative estimate of drug-likeness (QED) is 0.402. The lowest BCUT2D eigenvalue weighted by Crippen LogP contribution is -2.36. The first-order valence-electron chi connectivity index (χ1n) is 12.9. The molecule has 1 aromatic carbocycles. The van der Waals surface area contributed by atoms with Crippen molar-refractivity contribution in [3.8, 4) is 5.75 Å². The van der Waals surface area contributed by atoms with Crippen LogP contribution in [0.5, 0.6) is 5.75 Å². The second-order valence-electron chi connectivity index (χ2n) is 10.00. The minimum Gasteiger partial charge on any atom is -0.478 e. The molecule has 11 heteroatoms. The highest BCUT2D eigenvalue weighted by atomic mass is 35.5. The van der Waals surface area contributed by atoms with E-state index in [0.717, 1.165) is 42.6 Å². The fraction of sp³-hybridized carbons (Fsp3) is 0.481. The maximum Gasteiger partial charge on any atom is 0.293 e. The van der Waals surface area contributed by atoms with Crippen LogP contribution >= 0.6 is 11.6 Å². The number of likely N-dealkylation sites (N-methyl/N-ethyl adjacent to an activating group) is 1. The third kappa shape index (κ3) is 6.73. The van der Waals surface area contributed by atoms with Crippen LogP contribution in [0.4, 0.5) is 17.5 Å². The Hall–Kier alpha value is -3.37. The topological polar surface area (TPSA) is 105 Å². The summed E-state index contributed by atoms with van der Waals surface area (Å²) in [6, 6.07) is 7.25. The van der Waals surface area contributed by atoms with Crippen molar-refractivity contribution < 1.29 is 9.53 Å². The van der Waals surface area contributed by atoms with Crippen LogP contribution in [0.1, 0.15) is 25.7 Å². The molecule has 1 fully saturated rings. The van der Waals surface area contributed by atoms with Crippen LogP contribution in [-0.4, -0.2) is 72.7 Å². The highest BCUT2D eigenvalue weighted by Crippen LogP contribution is 2.29. The summed E-state index contributed by atoms with van der Waals surface area (Å²) in [7, 11) is 7.41. The van der Waals surface area contributed by atoms with Gasteiger partial charge in [-0.1, -0.05) is 11.6 Å². The van der Waals surface area contributed by atoms with Gasteiger partial charge in [0.1, 0.15) is 5.02 Å². The van der Waals surface area contributed by atoms with E-state index >= 15 is 0 Å². The minimum atomic E-state index is -0.314. The van der Waals surface area contributed by atoms with Gasteiger partial charge in [0.2, 0.25) is 5.95 Å². The molecule has 10 nitrogen and oxygen atoms in total. The molecule has 3 aromatic rings. The van der Waals surface area contributed by atoms with Crippen LogP contribution in [0.15, 0.2) is 35.3 Å². The zero-order valence-electron chi connectivity index (χ0n) is 22.5. The molecule has 0 spiro atoms. The summed E-state index contributed by atoms with van der Waals surface area (Å²) in [6.07, 6.45) is 6.37. The van der Waals surface area contributed by atoms with Crippen LogP contribution in [0.2, 0.25) is 5.02 Å². The highest BCUT2D eigenvalue weighted by molar-refractivity contribution is 6.32. The van der Waals surface area contributed by atoms with E-state index < -0.39 is 0 Å². The Morgan fingerprint density at radius 3 is 2.87 bits per heavy atom. The van der Waals surface area contributed by atoms with Crippen molar-refractivity contribution in [1.82, 2.24) is 24.8 Å². The minimum absolute atomic E-state index is 0.105. The molecule has 204 valence electrons.